The van der Waals surface area contributed by atoms with E-state index in [9.17, 15) is 0 Å². The summed E-state index contributed by atoms with van der Waals surface area (Å²) in [4.78, 5) is 0. The first-order valence-corrected chi connectivity index (χ1v) is 2.88. The van der Waals surface area contributed by atoms with E-state index in [0.29, 0.717) is 10.2 Å². The Labute approximate surface area is 59.2 Å². The zero-order valence-electron chi connectivity index (χ0n) is 4.69. The van der Waals surface area contributed by atoms with E-state index in [4.69, 9.17) is 5.21 Å². The average Bonchev–Trinajstić information content (AvgIpc) is 1.90. The molecule has 0 spiro atoms. The number of hydrogen-bond acceptors (Lipinski definition) is 3. The number of anilines is 1. The molecule has 0 saturated carbocycles. The monoisotopic (exact) mass is 140 g/mol. The van der Waals surface area contributed by atoms with Crippen LogP contribution in [0.2, 0.25) is 0 Å². The number of benzene rings is 1. The Balaban J connectivity index is 2.85. The molecule has 1 N–H and O–H groups in total. The van der Waals surface area contributed by atoms with Crippen molar-refractivity contribution in [2.45, 2.75) is 0 Å². The molecule has 0 atom stereocenters. The third-order valence-corrected chi connectivity index (χ3v) is 1.19. The van der Waals surface area contributed by atoms with E-state index in [0.717, 1.165) is 0 Å². The molecular formula is C6H6NOS-. The van der Waals surface area contributed by atoms with Crippen LogP contribution in [-0.2, 0) is 12.8 Å². The van der Waals surface area contributed by atoms with Crippen LogP contribution in [0.4, 0.5) is 5.69 Å². The molecule has 0 saturated heterocycles. The van der Waals surface area contributed by atoms with E-state index in [1.165, 1.54) is 0 Å². The summed E-state index contributed by atoms with van der Waals surface area (Å²) < 4.78 is 0.667. The first-order valence-electron chi connectivity index (χ1n) is 2.52. The van der Waals surface area contributed by atoms with Gasteiger partial charge in [0.05, 0.1) is 0 Å². The Bertz CT molecular complexity index is 176. The van der Waals surface area contributed by atoms with Gasteiger partial charge in [0.1, 0.15) is 0 Å². The van der Waals surface area contributed by atoms with E-state index >= 15 is 0 Å². The van der Waals surface area contributed by atoms with Gasteiger partial charge in [0.25, 0.3) is 0 Å². The standard InChI is InChI=1S/C6H6NOS/c8-7(9)6-4-2-1-3-5-6/h1-5,8H/q-1. The van der Waals surface area contributed by atoms with Crippen molar-refractivity contribution in [2.75, 3.05) is 4.47 Å². The fourth-order valence-corrected chi connectivity index (χ4v) is 0.677. The predicted octanol–water partition coefficient (Wildman–Crippen LogP) is 1.34. The summed E-state index contributed by atoms with van der Waals surface area (Å²) >= 11 is 4.43. The van der Waals surface area contributed by atoms with E-state index in [1.54, 1.807) is 12.1 Å². The lowest BCUT2D eigenvalue weighted by Gasteiger charge is -2.22. The van der Waals surface area contributed by atoms with Crippen LogP contribution in [0.1, 0.15) is 0 Å². The van der Waals surface area contributed by atoms with Crippen molar-refractivity contribution in [2.24, 2.45) is 0 Å². The Morgan fingerprint density at radius 1 is 1.22 bits per heavy atom. The summed E-state index contributed by atoms with van der Waals surface area (Å²) in [6.07, 6.45) is 0. The fraction of sp³-hybridized carbons (Fsp3) is 0. The minimum Gasteiger partial charge on any atom is -0.633 e. The molecule has 0 unspecified atom stereocenters. The zero-order chi connectivity index (χ0) is 6.69. The van der Waals surface area contributed by atoms with Crippen LogP contribution in [0.25, 0.3) is 0 Å². The second kappa shape index (κ2) is 2.75. The largest absolute Gasteiger partial charge is 0.633 e. The minimum absolute atomic E-state index is 0.618. The second-order valence-electron chi connectivity index (χ2n) is 1.61. The maximum atomic E-state index is 8.67. The van der Waals surface area contributed by atoms with Gasteiger partial charge < -0.3 is 22.5 Å². The zero-order valence-corrected chi connectivity index (χ0v) is 5.51. The van der Waals surface area contributed by atoms with Gasteiger partial charge in [0.15, 0.2) is 0 Å². The predicted molar refractivity (Wildman–Crippen MR) is 38.1 cm³/mol. The second-order valence-corrected chi connectivity index (χ2v) is 1.95. The molecule has 0 aliphatic carbocycles. The van der Waals surface area contributed by atoms with Gasteiger partial charge in [-0.25, -0.2) is 0 Å². The molecule has 48 valence electrons. The summed E-state index contributed by atoms with van der Waals surface area (Å²) in [5, 5.41) is 8.67. The summed E-state index contributed by atoms with van der Waals surface area (Å²) in [5.74, 6) is 0. The van der Waals surface area contributed by atoms with Crippen molar-refractivity contribution in [3.8, 4) is 0 Å². The fourth-order valence-electron chi connectivity index (χ4n) is 0.556. The van der Waals surface area contributed by atoms with Crippen LogP contribution in [0.3, 0.4) is 0 Å². The lowest BCUT2D eigenvalue weighted by Crippen LogP contribution is -2.06. The highest BCUT2D eigenvalue weighted by Crippen LogP contribution is 2.07. The van der Waals surface area contributed by atoms with Gasteiger partial charge in [0, 0.05) is 5.69 Å². The molecule has 0 bridgehead atoms. The van der Waals surface area contributed by atoms with Crippen molar-refractivity contribution in [3.63, 3.8) is 0 Å². The number of para-hydroxylation sites is 1. The van der Waals surface area contributed by atoms with Crippen molar-refractivity contribution in [1.82, 2.24) is 0 Å². The van der Waals surface area contributed by atoms with Crippen LogP contribution in [0.15, 0.2) is 30.3 Å². The maximum Gasteiger partial charge on any atom is 0.0375 e. The SMILES string of the molecule is ON([S-])c1ccccc1. The van der Waals surface area contributed by atoms with Crippen molar-refractivity contribution in [1.29, 1.82) is 0 Å². The van der Waals surface area contributed by atoms with E-state index < -0.39 is 0 Å². The molecule has 2 nitrogen and oxygen atoms in total. The molecule has 1 aromatic carbocycles. The van der Waals surface area contributed by atoms with Gasteiger partial charge in [0.2, 0.25) is 0 Å². The third kappa shape index (κ3) is 1.62. The van der Waals surface area contributed by atoms with Crippen molar-refractivity contribution in [3.05, 3.63) is 30.3 Å². The number of nitrogens with zero attached hydrogens (tertiary/aromatic N) is 1. The first kappa shape index (κ1) is 6.45. The molecule has 0 aliphatic heterocycles. The minimum atomic E-state index is 0.618. The Kier molecular flexibility index (Phi) is 1.97. The van der Waals surface area contributed by atoms with Crippen LogP contribution in [0.5, 0.6) is 0 Å². The topological polar surface area (TPSA) is 23.5 Å². The van der Waals surface area contributed by atoms with Gasteiger partial charge >= 0.3 is 0 Å². The molecule has 0 aromatic heterocycles. The van der Waals surface area contributed by atoms with Crippen LogP contribution >= 0.6 is 0 Å². The molecule has 0 amide bonds. The van der Waals surface area contributed by atoms with Gasteiger partial charge in [-0.1, -0.05) is 18.2 Å². The third-order valence-electron chi connectivity index (χ3n) is 0.977. The highest BCUT2D eigenvalue weighted by molar-refractivity contribution is 7.60. The summed E-state index contributed by atoms with van der Waals surface area (Å²) in [6.45, 7) is 0. The Morgan fingerprint density at radius 3 is 2.11 bits per heavy atom. The molecular weight excluding hydrogens is 134 g/mol. The summed E-state index contributed by atoms with van der Waals surface area (Å²) in [7, 11) is 0. The van der Waals surface area contributed by atoms with Gasteiger partial charge in [-0.05, 0) is 12.1 Å². The van der Waals surface area contributed by atoms with Gasteiger partial charge in [-0.2, -0.15) is 0 Å². The normalized spacial score (nSPS) is 9.11. The van der Waals surface area contributed by atoms with E-state index in [-0.39, 0.29) is 0 Å². The number of rotatable bonds is 1. The maximum absolute atomic E-state index is 8.67. The molecule has 3 heteroatoms. The lowest BCUT2D eigenvalue weighted by atomic mass is 10.3. The highest BCUT2D eigenvalue weighted by atomic mass is 32.1. The van der Waals surface area contributed by atoms with Crippen LogP contribution in [0, 0.1) is 0 Å². The number of hydrogen-bond donors (Lipinski definition) is 1. The molecule has 0 radical (unpaired) electrons. The van der Waals surface area contributed by atoms with E-state index in [1.807, 2.05) is 18.2 Å². The first-order chi connectivity index (χ1) is 4.30. The molecule has 0 fully saturated rings. The van der Waals surface area contributed by atoms with Gasteiger partial charge in [-0.3, -0.25) is 0 Å². The van der Waals surface area contributed by atoms with Gasteiger partial charge in [-0.15, -0.1) is 0 Å². The van der Waals surface area contributed by atoms with Crippen LogP contribution in [-0.4, -0.2) is 5.21 Å². The Morgan fingerprint density at radius 2 is 1.78 bits per heavy atom. The quantitative estimate of drug-likeness (QED) is 0.470. The average molecular weight is 140 g/mol. The molecule has 0 aliphatic rings. The molecule has 0 heterocycles. The smallest absolute Gasteiger partial charge is 0.0375 e. The summed E-state index contributed by atoms with van der Waals surface area (Å²) in [5.41, 5.74) is 0.618. The highest BCUT2D eigenvalue weighted by Gasteiger charge is 1.82. The van der Waals surface area contributed by atoms with Crippen molar-refractivity contribution >= 4 is 18.5 Å². The summed E-state index contributed by atoms with van der Waals surface area (Å²) in [6, 6.07) is 8.94. The molecule has 9 heavy (non-hydrogen) atoms. The van der Waals surface area contributed by atoms with Crippen LogP contribution < -0.4 is 4.47 Å². The van der Waals surface area contributed by atoms with Crippen molar-refractivity contribution < 1.29 is 5.21 Å². The Hall–Kier alpha value is -0.670. The lowest BCUT2D eigenvalue weighted by molar-refractivity contribution is 0.333. The molecule has 1 aromatic rings. The molecule has 1 rings (SSSR count). The van der Waals surface area contributed by atoms with E-state index in [2.05, 4.69) is 12.8 Å².